The van der Waals surface area contributed by atoms with E-state index in [1.165, 1.54) is 11.1 Å². The normalized spacial score (nSPS) is 23.0. The number of allylic oxidation sites excluding steroid dienone is 2. The maximum absolute atomic E-state index is 13.8. The van der Waals surface area contributed by atoms with Gasteiger partial charge in [0.2, 0.25) is 0 Å². The molecule has 3 atom stereocenters. The molecule has 3 heterocycles. The molecule has 3 aliphatic rings. The highest BCUT2D eigenvalue weighted by Crippen LogP contribution is 2.35. The number of hydrazine groups is 1. The van der Waals surface area contributed by atoms with Crippen LogP contribution in [0.3, 0.4) is 0 Å². The van der Waals surface area contributed by atoms with E-state index in [1.807, 2.05) is 27.0 Å². The van der Waals surface area contributed by atoms with Crippen molar-refractivity contribution in [1.82, 2.24) is 14.8 Å². The Morgan fingerprint density at radius 1 is 1.14 bits per heavy atom. The summed E-state index contributed by atoms with van der Waals surface area (Å²) in [4.78, 5) is 17.8. The van der Waals surface area contributed by atoms with Crippen LogP contribution in [-0.4, -0.2) is 66.2 Å². The Morgan fingerprint density at radius 3 is 2.55 bits per heavy atom. The van der Waals surface area contributed by atoms with Gasteiger partial charge in [0, 0.05) is 73.8 Å². The fraction of sp³-hybridized carbons (Fsp3) is 0.400. The summed E-state index contributed by atoms with van der Waals surface area (Å²) in [6, 6.07) is 9.44. The number of rotatable bonds is 7. The Bertz CT molecular complexity index is 1450. The van der Waals surface area contributed by atoms with Crippen molar-refractivity contribution in [2.45, 2.75) is 45.1 Å². The van der Waals surface area contributed by atoms with Crippen molar-refractivity contribution >= 4 is 23.5 Å². The highest BCUT2D eigenvalue weighted by atomic mass is 19.4. The van der Waals surface area contributed by atoms with Crippen molar-refractivity contribution in [2.75, 3.05) is 37.5 Å². The third-order valence-electron chi connectivity index (χ3n) is 8.35. The molecule has 12 heteroatoms. The smallest absolute Gasteiger partial charge is 0.400 e. The quantitative estimate of drug-likeness (QED) is 0.334. The molecule has 0 spiro atoms. The number of halogens is 3. The second-order valence-electron chi connectivity index (χ2n) is 11.4. The predicted octanol–water partition coefficient (Wildman–Crippen LogP) is 4.09. The lowest BCUT2D eigenvalue weighted by Gasteiger charge is -2.32. The third-order valence-corrected chi connectivity index (χ3v) is 8.35. The number of piperazine rings is 1. The second-order valence-corrected chi connectivity index (χ2v) is 11.4. The molecule has 2 bridgehead atoms. The topological polar surface area (TPSA) is 106 Å². The Kier molecular flexibility index (Phi) is 8.06. The van der Waals surface area contributed by atoms with Crippen LogP contribution in [0.15, 0.2) is 65.2 Å². The number of likely N-dealkylation sites (tertiary alicyclic amines) is 2. The van der Waals surface area contributed by atoms with Gasteiger partial charge in [0.25, 0.3) is 5.91 Å². The SMILES string of the molecule is CC1=CC(/C(N)=C/N(N)c2cc(C(=O)Nc3cc(CN4CC5CC4CN5C)cc(C(F)(F)F)c3)ccc2C)C=NN1C. The van der Waals surface area contributed by atoms with Gasteiger partial charge in [0.1, 0.15) is 0 Å². The minimum Gasteiger partial charge on any atom is -0.400 e. The van der Waals surface area contributed by atoms with Gasteiger partial charge in [-0.05, 0) is 74.9 Å². The van der Waals surface area contributed by atoms with Gasteiger partial charge in [-0.1, -0.05) is 6.07 Å². The first kappa shape index (κ1) is 29.6. The average molecular weight is 583 g/mol. The standard InChI is InChI=1S/C30H37F3N8O/c1-18-5-6-21(10-28(18)41(35)17-27(34)22-7-19(2)39(4)36-13-22)29(42)37-24-9-20(8-23(11-24)30(31,32)33)14-40-16-25-12-26(40)15-38(25)3/h5-11,13,17,22,25-26H,12,14-16,34-35H2,1-4H3,(H,37,42)/b27-17-. The summed E-state index contributed by atoms with van der Waals surface area (Å²) in [5.74, 6) is 5.53. The Morgan fingerprint density at radius 2 is 1.90 bits per heavy atom. The summed E-state index contributed by atoms with van der Waals surface area (Å²) < 4.78 is 41.4. The van der Waals surface area contributed by atoms with Gasteiger partial charge in [0.05, 0.1) is 17.2 Å². The fourth-order valence-corrected chi connectivity index (χ4v) is 5.80. The summed E-state index contributed by atoms with van der Waals surface area (Å²) in [7, 11) is 3.91. The molecule has 1 amide bonds. The van der Waals surface area contributed by atoms with E-state index in [0.717, 1.165) is 36.8 Å². The minimum absolute atomic E-state index is 0.0888. The molecule has 2 aromatic rings. The summed E-state index contributed by atoms with van der Waals surface area (Å²) in [6.07, 6.45) is 1.71. The van der Waals surface area contributed by atoms with Crippen LogP contribution in [0, 0.1) is 12.8 Å². The van der Waals surface area contributed by atoms with E-state index in [0.29, 0.717) is 35.6 Å². The van der Waals surface area contributed by atoms with Crippen LogP contribution in [0.4, 0.5) is 24.5 Å². The molecular weight excluding hydrogens is 545 g/mol. The summed E-state index contributed by atoms with van der Waals surface area (Å²) >= 11 is 0. The number of carbonyl (C=O) groups excluding carboxylic acids is 1. The third kappa shape index (κ3) is 6.30. The number of carbonyl (C=O) groups is 1. The second kappa shape index (κ2) is 11.4. The number of nitrogens with zero attached hydrogens (tertiary/aromatic N) is 5. The number of hydrogen-bond acceptors (Lipinski definition) is 8. The maximum atomic E-state index is 13.8. The van der Waals surface area contributed by atoms with Gasteiger partial charge in [-0.25, -0.2) is 5.84 Å². The van der Waals surface area contributed by atoms with Gasteiger partial charge in [0.15, 0.2) is 0 Å². The highest BCUT2D eigenvalue weighted by Gasteiger charge is 2.41. The monoisotopic (exact) mass is 582 g/mol. The molecule has 9 nitrogen and oxygen atoms in total. The van der Waals surface area contributed by atoms with E-state index < -0.39 is 17.6 Å². The fourth-order valence-electron chi connectivity index (χ4n) is 5.80. The number of hydrogen-bond donors (Lipinski definition) is 3. The Hall–Kier alpha value is -3.87. The van der Waals surface area contributed by atoms with Gasteiger partial charge < -0.3 is 16.0 Å². The number of nitrogens with one attached hydrogen (secondary N) is 1. The molecule has 0 saturated carbocycles. The van der Waals surface area contributed by atoms with Crippen molar-refractivity contribution < 1.29 is 18.0 Å². The predicted molar refractivity (Wildman–Crippen MR) is 158 cm³/mol. The van der Waals surface area contributed by atoms with Gasteiger partial charge in [-0.3, -0.25) is 19.7 Å². The number of alkyl halides is 3. The first-order valence-electron chi connectivity index (χ1n) is 13.8. The van der Waals surface area contributed by atoms with Crippen molar-refractivity contribution in [1.29, 1.82) is 0 Å². The summed E-state index contributed by atoms with van der Waals surface area (Å²) in [5, 5.41) is 10.0. The molecule has 5 rings (SSSR count). The van der Waals surface area contributed by atoms with Crippen LogP contribution in [0.2, 0.25) is 0 Å². The van der Waals surface area contributed by atoms with E-state index in [-0.39, 0.29) is 17.2 Å². The number of nitrogens with two attached hydrogens (primary N) is 2. The van der Waals surface area contributed by atoms with Crippen LogP contribution in [0.25, 0.3) is 0 Å². The molecule has 224 valence electrons. The molecule has 2 fully saturated rings. The zero-order valence-corrected chi connectivity index (χ0v) is 24.2. The first-order valence-corrected chi connectivity index (χ1v) is 13.8. The molecule has 5 N–H and O–H groups in total. The van der Waals surface area contributed by atoms with Crippen molar-refractivity contribution in [2.24, 2.45) is 22.6 Å². The van der Waals surface area contributed by atoms with Gasteiger partial charge >= 0.3 is 6.18 Å². The van der Waals surface area contributed by atoms with E-state index in [2.05, 4.69) is 27.3 Å². The summed E-state index contributed by atoms with van der Waals surface area (Å²) in [5.41, 5.74) is 9.05. The molecular formula is C30H37F3N8O. The van der Waals surface area contributed by atoms with E-state index >= 15 is 0 Å². The molecule has 0 aromatic heterocycles. The number of fused-ring (bicyclic) bond motifs is 2. The van der Waals surface area contributed by atoms with Crippen LogP contribution in [-0.2, 0) is 12.7 Å². The molecule has 0 aliphatic carbocycles. The lowest BCUT2D eigenvalue weighted by atomic mass is 10.0. The van der Waals surface area contributed by atoms with Gasteiger partial charge in [-0.2, -0.15) is 18.3 Å². The zero-order chi connectivity index (χ0) is 30.3. The molecule has 2 saturated heterocycles. The molecule has 2 aromatic carbocycles. The van der Waals surface area contributed by atoms with E-state index in [9.17, 15) is 18.0 Å². The number of aryl methyl sites for hydroxylation is 1. The number of likely N-dealkylation sites (N-methyl/N-ethyl adjacent to an activating group) is 1. The Balaban J connectivity index is 1.34. The van der Waals surface area contributed by atoms with Crippen LogP contribution < -0.4 is 21.9 Å². The number of amides is 1. The van der Waals surface area contributed by atoms with Crippen molar-refractivity contribution in [3.63, 3.8) is 0 Å². The van der Waals surface area contributed by atoms with Crippen molar-refractivity contribution in [3.8, 4) is 0 Å². The molecule has 3 unspecified atom stereocenters. The van der Waals surface area contributed by atoms with Crippen LogP contribution >= 0.6 is 0 Å². The molecule has 3 aliphatic heterocycles. The largest absolute Gasteiger partial charge is 0.416 e. The summed E-state index contributed by atoms with van der Waals surface area (Å²) in [6.45, 7) is 5.88. The molecule has 42 heavy (non-hydrogen) atoms. The average Bonchev–Trinajstić information content (AvgIpc) is 3.48. The van der Waals surface area contributed by atoms with E-state index in [4.69, 9.17) is 11.6 Å². The van der Waals surface area contributed by atoms with E-state index in [1.54, 1.807) is 41.7 Å². The highest BCUT2D eigenvalue weighted by molar-refractivity contribution is 6.05. The Labute approximate surface area is 243 Å². The van der Waals surface area contributed by atoms with Crippen LogP contribution in [0.1, 0.15) is 40.4 Å². The minimum atomic E-state index is -4.55. The number of hydrazone groups is 1. The molecule has 0 radical (unpaired) electrons. The maximum Gasteiger partial charge on any atom is 0.416 e. The zero-order valence-electron chi connectivity index (χ0n) is 24.2. The lowest BCUT2D eigenvalue weighted by Crippen LogP contribution is -2.43. The number of anilines is 2. The number of benzene rings is 2. The lowest BCUT2D eigenvalue weighted by molar-refractivity contribution is -0.137. The van der Waals surface area contributed by atoms with Crippen LogP contribution in [0.5, 0.6) is 0 Å². The van der Waals surface area contributed by atoms with Gasteiger partial charge in [-0.15, -0.1) is 0 Å². The first-order chi connectivity index (χ1) is 19.8. The van der Waals surface area contributed by atoms with Crippen molar-refractivity contribution in [3.05, 3.63) is 82.3 Å².